The van der Waals surface area contributed by atoms with E-state index in [0.717, 1.165) is 43.5 Å². The number of nitriles is 1. The minimum Gasteiger partial charge on any atom is -0.494 e. The first-order valence-corrected chi connectivity index (χ1v) is 8.88. The van der Waals surface area contributed by atoms with Crippen LogP contribution in [0, 0.1) is 11.5 Å². The van der Waals surface area contributed by atoms with Gasteiger partial charge in [-0.25, -0.2) is 4.99 Å². The van der Waals surface area contributed by atoms with Crippen LogP contribution in [0.15, 0.2) is 47.6 Å². The van der Waals surface area contributed by atoms with E-state index in [4.69, 9.17) is 27.3 Å². The summed E-state index contributed by atoms with van der Waals surface area (Å²) < 4.78 is 5.67. The number of ether oxygens (including phenoxy) is 1. The molecule has 0 spiro atoms. The molecule has 0 aliphatic heterocycles. The lowest BCUT2D eigenvalue weighted by Crippen LogP contribution is -2.26. The Hall–Kier alpha value is -2.78. The van der Waals surface area contributed by atoms with Crippen molar-refractivity contribution in [3.8, 4) is 11.9 Å². The molecule has 1 heterocycles. The maximum absolute atomic E-state index is 8.50. The van der Waals surface area contributed by atoms with Gasteiger partial charge in [0.25, 0.3) is 0 Å². The summed E-state index contributed by atoms with van der Waals surface area (Å²) in [5.74, 6) is 0.923. The summed E-state index contributed by atoms with van der Waals surface area (Å²) in [6, 6.07) is 11.0. The molecule has 0 unspecified atom stereocenters. The van der Waals surface area contributed by atoms with Crippen molar-refractivity contribution in [2.75, 3.05) is 6.61 Å². The average Bonchev–Trinajstić information content (AvgIpc) is 2.63. The second-order valence-electron chi connectivity index (χ2n) is 5.71. The molecule has 1 aromatic heterocycles. The molecule has 0 saturated heterocycles. The lowest BCUT2D eigenvalue weighted by molar-refractivity contribution is 0.304. The summed E-state index contributed by atoms with van der Waals surface area (Å²) in [5, 5.41) is 11.5. The second-order valence-corrected chi connectivity index (χ2v) is 6.14. The fourth-order valence-electron chi connectivity index (χ4n) is 2.38. The minimum atomic E-state index is 0.0744. The SMILES string of the molecule is N#CNC(N)=Nc1ccnc(CCCCCCOc2ccc(Cl)cc2)c1. The van der Waals surface area contributed by atoms with Crippen molar-refractivity contribution in [2.45, 2.75) is 32.1 Å². The number of nitrogens with zero attached hydrogens (tertiary/aromatic N) is 3. The van der Waals surface area contributed by atoms with Crippen LogP contribution in [0.3, 0.4) is 0 Å². The van der Waals surface area contributed by atoms with Crippen LogP contribution in [0.4, 0.5) is 5.69 Å². The van der Waals surface area contributed by atoms with E-state index in [1.807, 2.05) is 30.3 Å². The molecule has 136 valence electrons. The zero-order valence-electron chi connectivity index (χ0n) is 14.5. The van der Waals surface area contributed by atoms with Crippen molar-refractivity contribution >= 4 is 23.2 Å². The largest absolute Gasteiger partial charge is 0.494 e. The van der Waals surface area contributed by atoms with Crippen LogP contribution in [-0.2, 0) is 6.42 Å². The van der Waals surface area contributed by atoms with E-state index in [2.05, 4.69) is 15.3 Å². The first kappa shape index (κ1) is 19.5. The summed E-state index contributed by atoms with van der Waals surface area (Å²) in [4.78, 5) is 8.45. The molecule has 0 radical (unpaired) electrons. The van der Waals surface area contributed by atoms with Gasteiger partial charge in [-0.1, -0.05) is 24.4 Å². The maximum atomic E-state index is 8.50. The lowest BCUT2D eigenvalue weighted by Gasteiger charge is -2.06. The molecule has 0 aliphatic rings. The van der Waals surface area contributed by atoms with Crippen molar-refractivity contribution < 1.29 is 4.74 Å². The summed E-state index contributed by atoms with van der Waals surface area (Å²) >= 11 is 5.84. The predicted octanol–water partition coefficient (Wildman–Crippen LogP) is 3.93. The predicted molar refractivity (Wildman–Crippen MR) is 103 cm³/mol. The number of guanidine groups is 1. The van der Waals surface area contributed by atoms with Crippen LogP contribution >= 0.6 is 11.6 Å². The summed E-state index contributed by atoms with van der Waals surface area (Å²) in [6.07, 6.45) is 8.59. The molecule has 2 rings (SSSR count). The van der Waals surface area contributed by atoms with Crippen molar-refractivity contribution in [1.82, 2.24) is 10.3 Å². The number of unbranched alkanes of at least 4 members (excludes halogenated alkanes) is 3. The van der Waals surface area contributed by atoms with Gasteiger partial charge in [-0.3, -0.25) is 10.3 Å². The van der Waals surface area contributed by atoms with Crippen molar-refractivity contribution in [2.24, 2.45) is 10.7 Å². The highest BCUT2D eigenvalue weighted by molar-refractivity contribution is 6.30. The monoisotopic (exact) mass is 371 g/mol. The second kappa shape index (κ2) is 11.0. The first-order valence-electron chi connectivity index (χ1n) is 8.50. The molecular formula is C19H22ClN5O. The molecule has 0 fully saturated rings. The molecule has 0 amide bonds. The van der Waals surface area contributed by atoms with Gasteiger partial charge in [-0.15, -0.1) is 0 Å². The van der Waals surface area contributed by atoms with Gasteiger partial charge in [0.15, 0.2) is 6.19 Å². The Balaban J connectivity index is 1.63. The number of hydrogen-bond acceptors (Lipinski definition) is 4. The van der Waals surface area contributed by atoms with Crippen LogP contribution in [0.5, 0.6) is 5.75 Å². The highest BCUT2D eigenvalue weighted by Gasteiger charge is 1.99. The number of nitrogens with two attached hydrogens (primary N) is 1. The molecular weight excluding hydrogens is 350 g/mol. The number of rotatable bonds is 9. The van der Waals surface area contributed by atoms with Gasteiger partial charge >= 0.3 is 0 Å². The molecule has 2 aromatic rings. The Labute approximate surface area is 158 Å². The zero-order valence-corrected chi connectivity index (χ0v) is 15.2. The third-order valence-corrected chi connectivity index (χ3v) is 3.90. The van der Waals surface area contributed by atoms with Crippen molar-refractivity contribution in [3.05, 3.63) is 53.3 Å². The van der Waals surface area contributed by atoms with Crippen molar-refractivity contribution in [3.63, 3.8) is 0 Å². The van der Waals surface area contributed by atoms with E-state index in [1.54, 1.807) is 18.5 Å². The quantitative estimate of drug-likeness (QED) is 0.229. The molecule has 0 atom stereocenters. The number of hydrogen-bond donors (Lipinski definition) is 2. The number of aryl methyl sites for hydroxylation is 1. The van der Waals surface area contributed by atoms with E-state index < -0.39 is 0 Å². The number of nitrogens with one attached hydrogen (secondary N) is 1. The van der Waals surface area contributed by atoms with Gasteiger partial charge in [0.05, 0.1) is 12.3 Å². The Bertz CT molecular complexity index is 755. The standard InChI is InChI=1S/C19H22ClN5O/c20-15-6-8-18(9-7-15)26-12-4-2-1-3-5-16-13-17(10-11-23-16)25-19(22)24-14-21/h6-11,13H,1-5,12H2,(H3,22,23,24,25). The summed E-state index contributed by atoms with van der Waals surface area (Å²) in [5.41, 5.74) is 7.21. The van der Waals surface area contributed by atoms with Gasteiger partial charge < -0.3 is 10.5 Å². The minimum absolute atomic E-state index is 0.0744. The molecule has 26 heavy (non-hydrogen) atoms. The highest BCUT2D eigenvalue weighted by atomic mass is 35.5. The summed E-state index contributed by atoms with van der Waals surface area (Å²) in [6.45, 7) is 0.704. The Morgan fingerprint density at radius 1 is 1.19 bits per heavy atom. The fraction of sp³-hybridized carbons (Fsp3) is 0.316. The average molecular weight is 372 g/mol. The molecule has 7 heteroatoms. The smallest absolute Gasteiger partial charge is 0.207 e. The van der Waals surface area contributed by atoms with E-state index in [1.165, 1.54) is 0 Å². The Kier molecular flexibility index (Phi) is 8.24. The van der Waals surface area contributed by atoms with Gasteiger partial charge in [0.2, 0.25) is 5.96 Å². The number of benzene rings is 1. The number of halogens is 1. The molecule has 0 aliphatic carbocycles. The van der Waals surface area contributed by atoms with Crippen molar-refractivity contribution in [1.29, 1.82) is 5.26 Å². The summed E-state index contributed by atoms with van der Waals surface area (Å²) in [7, 11) is 0. The van der Waals surface area contributed by atoms with Gasteiger partial charge in [0, 0.05) is 16.9 Å². The molecule has 0 saturated carbocycles. The van der Waals surface area contributed by atoms with Crippen LogP contribution in [0.25, 0.3) is 0 Å². The topological polar surface area (TPSA) is 96.3 Å². The number of pyridine rings is 1. The molecule has 1 aromatic carbocycles. The lowest BCUT2D eigenvalue weighted by atomic mass is 10.1. The zero-order chi connectivity index (χ0) is 18.6. The third kappa shape index (κ3) is 7.41. The van der Waals surface area contributed by atoms with Crippen LogP contribution in [0.2, 0.25) is 5.02 Å². The maximum Gasteiger partial charge on any atom is 0.207 e. The highest BCUT2D eigenvalue weighted by Crippen LogP contribution is 2.16. The van der Waals surface area contributed by atoms with Gasteiger partial charge in [-0.05, 0) is 55.7 Å². The first-order chi connectivity index (χ1) is 12.7. The van der Waals surface area contributed by atoms with E-state index in [9.17, 15) is 0 Å². The van der Waals surface area contributed by atoms with Crippen LogP contribution in [-0.4, -0.2) is 17.6 Å². The van der Waals surface area contributed by atoms with E-state index in [0.29, 0.717) is 17.3 Å². The van der Waals surface area contributed by atoms with Gasteiger partial charge in [-0.2, -0.15) is 5.26 Å². The number of aromatic nitrogens is 1. The molecule has 3 N–H and O–H groups in total. The Morgan fingerprint density at radius 3 is 2.73 bits per heavy atom. The van der Waals surface area contributed by atoms with Crippen LogP contribution < -0.4 is 15.8 Å². The Morgan fingerprint density at radius 2 is 1.96 bits per heavy atom. The van der Waals surface area contributed by atoms with E-state index in [-0.39, 0.29) is 5.96 Å². The van der Waals surface area contributed by atoms with Gasteiger partial charge in [0.1, 0.15) is 5.75 Å². The third-order valence-electron chi connectivity index (χ3n) is 3.64. The molecule has 0 bridgehead atoms. The van der Waals surface area contributed by atoms with E-state index >= 15 is 0 Å². The van der Waals surface area contributed by atoms with Crippen LogP contribution in [0.1, 0.15) is 31.4 Å². The number of aliphatic imine (C=N–C) groups is 1. The normalized spacial score (nSPS) is 11.0. The molecule has 6 nitrogen and oxygen atoms in total. The fourth-order valence-corrected chi connectivity index (χ4v) is 2.50.